The molecule has 6 aromatic rings. The zero-order chi connectivity index (χ0) is 39.1. The summed E-state index contributed by atoms with van der Waals surface area (Å²) >= 11 is 0. The number of aromatic carboxylic acids is 2. The maximum absolute atomic E-state index is 11.6. The highest BCUT2D eigenvalue weighted by molar-refractivity contribution is 6.02. The van der Waals surface area contributed by atoms with Crippen LogP contribution < -0.4 is 0 Å². The lowest BCUT2D eigenvalue weighted by atomic mass is 9.86. The lowest BCUT2D eigenvalue weighted by Crippen LogP contribution is -2.38. The number of carboxylic acids is 2. The van der Waals surface area contributed by atoms with Crippen LogP contribution in [-0.2, 0) is 13.0 Å². The third kappa shape index (κ3) is 8.65. The average molecular weight is 730 g/mol. The zero-order valence-electron chi connectivity index (χ0n) is 30.9. The quantitative estimate of drug-likeness (QED) is 0.0723. The Morgan fingerprint density at radius 2 is 1.11 bits per heavy atom. The fourth-order valence-electron chi connectivity index (χ4n) is 7.24. The normalized spacial score (nSPS) is 11.9. The molecule has 0 radical (unpaired) electrons. The van der Waals surface area contributed by atoms with E-state index in [-0.39, 0.29) is 30.1 Å². The molecule has 9 nitrogen and oxygen atoms in total. The number of benzene rings is 6. The van der Waals surface area contributed by atoms with Gasteiger partial charge in [-0.25, -0.2) is 9.59 Å². The first-order valence-electron chi connectivity index (χ1n) is 18.0. The molecule has 0 heterocycles. The van der Waals surface area contributed by atoms with E-state index in [1.165, 1.54) is 17.7 Å². The van der Waals surface area contributed by atoms with E-state index in [2.05, 4.69) is 44.7 Å². The molecule has 0 bridgehead atoms. The summed E-state index contributed by atoms with van der Waals surface area (Å²) in [6, 6.07) is 33.5. The fraction of sp³-hybridized carbons (Fsp3) is 0.244. The number of phenolic OH excluding ortho intramolecular Hbond substituents is 1. The minimum atomic E-state index is -1.28. The Kier molecular flexibility index (Phi) is 12.6. The summed E-state index contributed by atoms with van der Waals surface area (Å²) < 4.78 is 0. The third-order valence-corrected chi connectivity index (χ3v) is 9.92. The van der Waals surface area contributed by atoms with Crippen molar-refractivity contribution in [1.82, 2.24) is 4.90 Å². The van der Waals surface area contributed by atoms with Crippen molar-refractivity contribution in [2.75, 3.05) is 6.54 Å². The summed E-state index contributed by atoms with van der Waals surface area (Å²) in [6.07, 6.45) is 0.879. The van der Waals surface area contributed by atoms with E-state index in [1.807, 2.05) is 24.3 Å². The van der Waals surface area contributed by atoms with Gasteiger partial charge in [0.1, 0.15) is 28.4 Å². The molecule has 0 amide bonds. The molecule has 0 spiro atoms. The SMILES string of the molecule is CC(C)N(CC[C@H](c1ccccc1)c1cc(CO)ccc1O)C(C)C.O=C(O)c1cc2ccccc2c(Cc2c(O)c(C(=O)O)cc3ccccc23)c1O. The van der Waals surface area contributed by atoms with Gasteiger partial charge in [0.25, 0.3) is 0 Å². The van der Waals surface area contributed by atoms with Gasteiger partial charge >= 0.3 is 11.9 Å². The van der Waals surface area contributed by atoms with Gasteiger partial charge in [0, 0.05) is 41.1 Å². The highest BCUT2D eigenvalue weighted by Gasteiger charge is 2.24. The Balaban J connectivity index is 0.000000210. The maximum Gasteiger partial charge on any atom is 0.339 e. The van der Waals surface area contributed by atoms with Crippen LogP contribution in [0.2, 0.25) is 0 Å². The molecule has 6 rings (SSSR count). The number of aliphatic hydroxyl groups is 1. The van der Waals surface area contributed by atoms with Crippen molar-refractivity contribution in [2.24, 2.45) is 0 Å². The molecule has 0 saturated carbocycles. The number of hydrogen-bond acceptors (Lipinski definition) is 7. The van der Waals surface area contributed by atoms with Crippen molar-refractivity contribution in [3.63, 3.8) is 0 Å². The minimum Gasteiger partial charge on any atom is -0.508 e. The Morgan fingerprint density at radius 1 is 0.630 bits per heavy atom. The van der Waals surface area contributed by atoms with Gasteiger partial charge in [-0.15, -0.1) is 0 Å². The van der Waals surface area contributed by atoms with Crippen LogP contribution >= 0.6 is 0 Å². The zero-order valence-corrected chi connectivity index (χ0v) is 30.9. The second-order valence-corrected chi connectivity index (χ2v) is 14.0. The van der Waals surface area contributed by atoms with Gasteiger partial charge in [-0.2, -0.15) is 0 Å². The van der Waals surface area contributed by atoms with Crippen LogP contribution in [0.3, 0.4) is 0 Å². The van der Waals surface area contributed by atoms with E-state index in [9.17, 15) is 40.2 Å². The second-order valence-electron chi connectivity index (χ2n) is 14.0. The number of hydrogen-bond donors (Lipinski definition) is 6. The third-order valence-electron chi connectivity index (χ3n) is 9.92. The van der Waals surface area contributed by atoms with Gasteiger partial charge in [-0.1, -0.05) is 84.9 Å². The van der Waals surface area contributed by atoms with E-state index >= 15 is 0 Å². The average Bonchev–Trinajstić information content (AvgIpc) is 3.15. The van der Waals surface area contributed by atoms with Gasteiger partial charge in [0.05, 0.1) is 6.61 Å². The first-order chi connectivity index (χ1) is 25.8. The van der Waals surface area contributed by atoms with E-state index in [1.54, 1.807) is 60.7 Å². The van der Waals surface area contributed by atoms with Crippen molar-refractivity contribution < 1.29 is 40.2 Å². The largest absolute Gasteiger partial charge is 0.508 e. The van der Waals surface area contributed by atoms with Gasteiger partial charge in [0.15, 0.2) is 0 Å². The topological polar surface area (TPSA) is 159 Å². The molecule has 0 aliphatic heterocycles. The molecule has 0 aliphatic carbocycles. The van der Waals surface area contributed by atoms with E-state index in [0.717, 1.165) is 24.1 Å². The highest BCUT2D eigenvalue weighted by atomic mass is 16.4. The molecule has 0 aliphatic rings. The molecule has 0 aromatic heterocycles. The monoisotopic (exact) mass is 729 g/mol. The van der Waals surface area contributed by atoms with E-state index < -0.39 is 23.4 Å². The van der Waals surface area contributed by atoms with Crippen LogP contribution in [0.1, 0.15) is 88.6 Å². The summed E-state index contributed by atoms with van der Waals surface area (Å²) in [5.74, 6) is -2.95. The minimum absolute atomic E-state index is 0.0150. The van der Waals surface area contributed by atoms with Crippen molar-refractivity contribution >= 4 is 33.5 Å². The van der Waals surface area contributed by atoms with Crippen LogP contribution in [0, 0.1) is 0 Å². The fourth-order valence-corrected chi connectivity index (χ4v) is 7.24. The first kappa shape index (κ1) is 39.3. The Hall–Kier alpha value is -5.90. The summed E-state index contributed by atoms with van der Waals surface area (Å²) in [5, 5.41) is 62.7. The summed E-state index contributed by atoms with van der Waals surface area (Å²) in [6.45, 7) is 9.84. The molecule has 54 heavy (non-hydrogen) atoms. The molecule has 0 saturated heterocycles. The smallest absolute Gasteiger partial charge is 0.339 e. The van der Waals surface area contributed by atoms with Crippen LogP contribution in [0.25, 0.3) is 21.5 Å². The molecule has 0 fully saturated rings. The van der Waals surface area contributed by atoms with E-state index in [0.29, 0.717) is 50.5 Å². The summed E-state index contributed by atoms with van der Waals surface area (Å²) in [4.78, 5) is 25.7. The van der Waals surface area contributed by atoms with Gasteiger partial charge in [-0.3, -0.25) is 4.90 Å². The molecule has 0 unspecified atom stereocenters. The summed E-state index contributed by atoms with van der Waals surface area (Å²) in [5.41, 5.74) is 3.03. The number of nitrogens with zero attached hydrogens (tertiary/aromatic N) is 1. The van der Waals surface area contributed by atoms with E-state index in [4.69, 9.17) is 0 Å². The number of carboxylic acid groups (broad SMARTS) is 2. The Morgan fingerprint density at radius 3 is 1.57 bits per heavy atom. The number of aromatic hydroxyl groups is 3. The first-order valence-corrected chi connectivity index (χ1v) is 18.0. The Labute approximate surface area is 315 Å². The maximum atomic E-state index is 11.6. The number of phenols is 3. The predicted molar refractivity (Wildman–Crippen MR) is 212 cm³/mol. The number of fused-ring (bicyclic) bond motifs is 2. The van der Waals surface area contributed by atoms with Crippen molar-refractivity contribution in [1.29, 1.82) is 0 Å². The molecule has 6 N–H and O–H groups in total. The van der Waals surface area contributed by atoms with Crippen LogP contribution in [0.15, 0.2) is 109 Å². The number of carbonyl (C=O) groups is 2. The van der Waals surface area contributed by atoms with Crippen molar-refractivity contribution in [3.05, 3.63) is 148 Å². The van der Waals surface area contributed by atoms with Gasteiger partial charge < -0.3 is 30.6 Å². The van der Waals surface area contributed by atoms with Gasteiger partial charge in [-0.05, 0) is 97.6 Å². The predicted octanol–water partition coefficient (Wildman–Crippen LogP) is 8.92. The van der Waals surface area contributed by atoms with Gasteiger partial charge in [0.2, 0.25) is 0 Å². The Bertz CT molecular complexity index is 2160. The van der Waals surface area contributed by atoms with Crippen LogP contribution in [-0.4, -0.2) is 66.1 Å². The standard InChI is InChI=1S/C23H16O6.C22H31NO2/c24-20-16(14-7-3-1-5-12(14)9-18(20)22(26)27)11-17-15-8-4-2-6-13(15)10-19(21(17)25)23(28)29;1-16(2)23(17(3)4)13-12-20(19-8-6-5-7-9-19)21-14-18(15-24)10-11-22(21)25/h1-10,24-25H,11H2,(H,26,27)(H,28,29);5-11,14,16-17,20,24-25H,12-13,15H2,1-4H3/t;20-/m.1/s1. The number of rotatable bonds is 12. The molecule has 9 heteroatoms. The molecule has 6 aromatic carbocycles. The highest BCUT2D eigenvalue weighted by Crippen LogP contribution is 2.39. The van der Waals surface area contributed by atoms with Crippen molar-refractivity contribution in [2.45, 2.75) is 65.1 Å². The lowest BCUT2D eigenvalue weighted by molar-refractivity contribution is 0.0682. The van der Waals surface area contributed by atoms with Crippen LogP contribution in [0.5, 0.6) is 17.2 Å². The molecule has 1 atom stereocenters. The molecular formula is C45H47NO8. The lowest BCUT2D eigenvalue weighted by Gasteiger charge is -2.32. The van der Waals surface area contributed by atoms with Crippen molar-refractivity contribution in [3.8, 4) is 17.2 Å². The molecule has 280 valence electrons. The van der Waals surface area contributed by atoms with Crippen LogP contribution in [0.4, 0.5) is 0 Å². The molecular weight excluding hydrogens is 682 g/mol. The summed E-state index contributed by atoms with van der Waals surface area (Å²) in [7, 11) is 0. The second kappa shape index (κ2) is 17.3. The number of aliphatic hydroxyl groups excluding tert-OH is 1.